The maximum Gasteiger partial charge on any atom is 0.146 e. The van der Waals surface area contributed by atoms with Crippen molar-refractivity contribution in [3.05, 3.63) is 78.5 Å². The van der Waals surface area contributed by atoms with Crippen LogP contribution in [0.2, 0.25) is 0 Å². The first kappa shape index (κ1) is 21.7. The topological polar surface area (TPSA) is 54.8 Å². The van der Waals surface area contributed by atoms with Crippen LogP contribution in [0.3, 0.4) is 0 Å². The molecule has 0 fully saturated rings. The molecular weight excluding hydrogens is 400 g/mol. The largest absolute Gasteiger partial charge is 0.508 e. The van der Waals surface area contributed by atoms with Crippen LogP contribution in [0.4, 0.5) is 0 Å². The van der Waals surface area contributed by atoms with Crippen molar-refractivity contribution in [2.24, 2.45) is 0 Å². The minimum atomic E-state index is 0.185. The summed E-state index contributed by atoms with van der Waals surface area (Å²) in [5, 5.41) is 10.9. The van der Waals surface area contributed by atoms with Crippen LogP contribution in [0.15, 0.2) is 72.8 Å². The Labute approximate surface area is 188 Å². The molecule has 5 heteroatoms. The zero-order valence-corrected chi connectivity index (χ0v) is 18.7. The second kappa shape index (κ2) is 9.71. The highest BCUT2D eigenvalue weighted by Gasteiger charge is 2.18. The van der Waals surface area contributed by atoms with E-state index in [1.165, 1.54) is 0 Å². The molecule has 1 heterocycles. The minimum Gasteiger partial charge on any atom is -0.508 e. The van der Waals surface area contributed by atoms with Gasteiger partial charge in [0.2, 0.25) is 0 Å². The monoisotopic (exact) mass is 428 g/mol. The first-order valence-corrected chi connectivity index (χ1v) is 10.8. The molecule has 0 unspecified atom stereocenters. The number of phenols is 1. The van der Waals surface area contributed by atoms with Gasteiger partial charge in [0.15, 0.2) is 0 Å². The Morgan fingerprint density at radius 2 is 1.62 bits per heavy atom. The molecule has 0 radical (unpaired) electrons. The van der Waals surface area contributed by atoms with Crippen LogP contribution in [0.5, 0.6) is 23.0 Å². The molecule has 4 rings (SSSR count). The van der Waals surface area contributed by atoms with Gasteiger partial charge >= 0.3 is 0 Å². The molecule has 0 aliphatic heterocycles. The fraction of sp³-hybridized carbons (Fsp3) is 0.222. The van der Waals surface area contributed by atoms with Crippen molar-refractivity contribution in [2.45, 2.75) is 13.3 Å². The Kier molecular flexibility index (Phi) is 6.57. The lowest BCUT2D eigenvalue weighted by molar-refractivity contribution is 0.261. The maximum atomic E-state index is 10.00. The molecule has 5 nitrogen and oxygen atoms in total. The van der Waals surface area contributed by atoms with Crippen molar-refractivity contribution in [2.75, 3.05) is 27.2 Å². The van der Waals surface area contributed by atoms with Gasteiger partial charge in [0.1, 0.15) is 29.6 Å². The van der Waals surface area contributed by atoms with E-state index in [0.29, 0.717) is 17.9 Å². The molecule has 0 aliphatic carbocycles. The summed E-state index contributed by atoms with van der Waals surface area (Å²) in [7, 11) is 4.04. The Morgan fingerprint density at radius 1 is 0.906 bits per heavy atom. The molecule has 1 aromatic heterocycles. The van der Waals surface area contributed by atoms with Gasteiger partial charge in [-0.1, -0.05) is 37.3 Å². The summed E-state index contributed by atoms with van der Waals surface area (Å²) < 4.78 is 12.3. The maximum absolute atomic E-state index is 10.00. The summed E-state index contributed by atoms with van der Waals surface area (Å²) in [6, 6.07) is 23.0. The SMILES string of the molecule is CCc1nc2cc(O)ccc2c(Oc2ccc(OCCN(C)C)cc2)c1-c1ccccc1. The van der Waals surface area contributed by atoms with Gasteiger partial charge in [0.05, 0.1) is 11.2 Å². The summed E-state index contributed by atoms with van der Waals surface area (Å²) in [6.45, 7) is 3.56. The normalized spacial score (nSPS) is 11.1. The molecule has 0 atom stereocenters. The highest BCUT2D eigenvalue weighted by molar-refractivity contribution is 5.94. The zero-order chi connectivity index (χ0) is 22.5. The van der Waals surface area contributed by atoms with Crippen LogP contribution < -0.4 is 9.47 Å². The van der Waals surface area contributed by atoms with Crippen molar-refractivity contribution in [1.29, 1.82) is 0 Å². The predicted octanol–water partition coefficient (Wildman–Crippen LogP) is 5.90. The van der Waals surface area contributed by atoms with Gasteiger partial charge in [-0.3, -0.25) is 4.98 Å². The average Bonchev–Trinajstić information content (AvgIpc) is 2.80. The lowest BCUT2D eigenvalue weighted by Crippen LogP contribution is -2.19. The fourth-order valence-electron chi connectivity index (χ4n) is 3.60. The molecule has 0 saturated heterocycles. The van der Waals surface area contributed by atoms with E-state index in [1.807, 2.05) is 62.6 Å². The summed E-state index contributed by atoms with van der Waals surface area (Å²) in [4.78, 5) is 6.91. The highest BCUT2D eigenvalue weighted by atomic mass is 16.5. The fourth-order valence-corrected chi connectivity index (χ4v) is 3.60. The summed E-state index contributed by atoms with van der Waals surface area (Å²) in [5.41, 5.74) is 3.65. The number of aromatic nitrogens is 1. The number of aromatic hydroxyl groups is 1. The van der Waals surface area contributed by atoms with E-state index < -0.39 is 0 Å². The Bertz CT molecular complexity index is 1190. The van der Waals surface area contributed by atoms with E-state index in [1.54, 1.807) is 12.1 Å². The van der Waals surface area contributed by atoms with Crippen LogP contribution in [-0.2, 0) is 6.42 Å². The number of likely N-dealkylation sites (N-methyl/N-ethyl adjacent to an activating group) is 1. The number of pyridine rings is 1. The van der Waals surface area contributed by atoms with Crippen LogP contribution in [0, 0.1) is 0 Å². The summed E-state index contributed by atoms with van der Waals surface area (Å²) in [6.07, 6.45) is 0.741. The first-order chi connectivity index (χ1) is 15.5. The highest BCUT2D eigenvalue weighted by Crippen LogP contribution is 2.42. The van der Waals surface area contributed by atoms with Crippen molar-refractivity contribution >= 4 is 10.9 Å². The molecule has 0 saturated carbocycles. The molecule has 4 aromatic rings. The van der Waals surface area contributed by atoms with E-state index in [-0.39, 0.29) is 5.75 Å². The van der Waals surface area contributed by atoms with Crippen molar-refractivity contribution in [3.63, 3.8) is 0 Å². The second-order valence-corrected chi connectivity index (χ2v) is 7.91. The minimum absolute atomic E-state index is 0.185. The van der Waals surface area contributed by atoms with Crippen molar-refractivity contribution in [3.8, 4) is 34.1 Å². The smallest absolute Gasteiger partial charge is 0.146 e. The summed E-state index contributed by atoms with van der Waals surface area (Å²) in [5.74, 6) is 2.44. The van der Waals surface area contributed by atoms with Crippen LogP contribution in [-0.4, -0.2) is 42.2 Å². The molecule has 0 bridgehead atoms. The predicted molar refractivity (Wildman–Crippen MR) is 129 cm³/mol. The zero-order valence-electron chi connectivity index (χ0n) is 18.7. The van der Waals surface area contributed by atoms with Crippen LogP contribution in [0.25, 0.3) is 22.0 Å². The third-order valence-electron chi connectivity index (χ3n) is 5.25. The molecule has 32 heavy (non-hydrogen) atoms. The number of nitrogens with zero attached hydrogens (tertiary/aromatic N) is 2. The van der Waals surface area contributed by atoms with Crippen LogP contribution in [0.1, 0.15) is 12.6 Å². The molecule has 0 aliphatic rings. The molecule has 0 spiro atoms. The van der Waals surface area contributed by atoms with E-state index in [2.05, 4.69) is 24.0 Å². The van der Waals surface area contributed by atoms with E-state index in [0.717, 1.165) is 46.7 Å². The third-order valence-corrected chi connectivity index (χ3v) is 5.25. The number of hydrogen-bond donors (Lipinski definition) is 1. The number of hydrogen-bond acceptors (Lipinski definition) is 5. The average molecular weight is 429 g/mol. The number of benzene rings is 3. The first-order valence-electron chi connectivity index (χ1n) is 10.8. The second-order valence-electron chi connectivity index (χ2n) is 7.91. The van der Waals surface area contributed by atoms with Crippen molar-refractivity contribution in [1.82, 2.24) is 9.88 Å². The quantitative estimate of drug-likeness (QED) is 0.378. The number of aryl methyl sites for hydroxylation is 1. The van der Waals surface area contributed by atoms with Gasteiger partial charge in [0, 0.05) is 23.6 Å². The van der Waals surface area contributed by atoms with Gasteiger partial charge in [0.25, 0.3) is 0 Å². The van der Waals surface area contributed by atoms with Gasteiger partial charge in [-0.2, -0.15) is 0 Å². The molecule has 164 valence electrons. The number of ether oxygens (including phenoxy) is 2. The number of fused-ring (bicyclic) bond motifs is 1. The number of rotatable bonds is 8. The Balaban J connectivity index is 1.75. The van der Waals surface area contributed by atoms with E-state index in [9.17, 15) is 5.11 Å². The summed E-state index contributed by atoms with van der Waals surface area (Å²) >= 11 is 0. The van der Waals surface area contributed by atoms with E-state index >= 15 is 0 Å². The van der Waals surface area contributed by atoms with Gasteiger partial charge in [-0.05, 0) is 62.5 Å². The Hall–Kier alpha value is -3.57. The lowest BCUT2D eigenvalue weighted by atomic mass is 9.98. The molecule has 3 aromatic carbocycles. The van der Waals surface area contributed by atoms with E-state index in [4.69, 9.17) is 14.5 Å². The molecule has 1 N–H and O–H groups in total. The Morgan fingerprint density at radius 3 is 2.31 bits per heavy atom. The standard InChI is InChI=1S/C27H28N2O3/c1-4-24-26(19-8-6-5-7-9-19)27(23-15-10-20(30)18-25(23)28-24)32-22-13-11-21(12-14-22)31-17-16-29(2)3/h5-15,18,30H,4,16-17H2,1-3H3. The third kappa shape index (κ3) is 4.84. The van der Waals surface area contributed by atoms with Gasteiger partial charge in [-0.15, -0.1) is 0 Å². The van der Waals surface area contributed by atoms with Crippen molar-refractivity contribution < 1.29 is 14.6 Å². The molecular formula is C27H28N2O3. The molecule has 0 amide bonds. The van der Waals surface area contributed by atoms with Gasteiger partial charge < -0.3 is 19.5 Å². The lowest BCUT2D eigenvalue weighted by Gasteiger charge is -2.18. The van der Waals surface area contributed by atoms with Gasteiger partial charge in [-0.25, -0.2) is 0 Å². The van der Waals surface area contributed by atoms with Crippen LogP contribution >= 0.6 is 0 Å². The number of phenolic OH excluding ortho intramolecular Hbond substituents is 1.